The van der Waals surface area contributed by atoms with Crippen LogP contribution in [0.5, 0.6) is 0 Å². The normalized spacial score (nSPS) is 21.0. The molecule has 0 unspecified atom stereocenters. The Hall–Kier alpha value is -2.81. The van der Waals surface area contributed by atoms with Gasteiger partial charge in [-0.25, -0.2) is 9.97 Å². The molecule has 1 aromatic heterocycles. The van der Waals surface area contributed by atoms with Gasteiger partial charge in [0.25, 0.3) is 8.32 Å². The minimum atomic E-state index is -2.67. The van der Waals surface area contributed by atoms with E-state index in [-0.39, 0.29) is 23.1 Å². The van der Waals surface area contributed by atoms with Gasteiger partial charge in [-0.15, -0.1) is 0 Å². The summed E-state index contributed by atoms with van der Waals surface area (Å²) >= 11 is 6.76. The number of ether oxygens (including phenoxy) is 1. The molecule has 3 heterocycles. The van der Waals surface area contributed by atoms with Crippen molar-refractivity contribution in [1.82, 2.24) is 14.9 Å². The Balaban J connectivity index is 1.25. The molecule has 0 saturated carbocycles. The molecular formula is C33H39ClN4O2Si. The number of aromatic nitrogens is 2. The van der Waals surface area contributed by atoms with Gasteiger partial charge in [-0.2, -0.15) is 0 Å². The highest BCUT2D eigenvalue weighted by molar-refractivity contribution is 6.99. The maximum absolute atomic E-state index is 7.52. The second-order valence-electron chi connectivity index (χ2n) is 12.4. The molecule has 3 aromatic carbocycles. The van der Waals surface area contributed by atoms with E-state index in [9.17, 15) is 0 Å². The average molecular weight is 587 g/mol. The molecule has 41 heavy (non-hydrogen) atoms. The molecule has 0 spiro atoms. The third-order valence-corrected chi connectivity index (χ3v) is 14.3. The molecule has 2 fully saturated rings. The molecule has 0 aliphatic carbocycles. The quantitative estimate of drug-likeness (QED) is 0.305. The number of fused-ring (bicyclic) bond motifs is 1. The van der Waals surface area contributed by atoms with Gasteiger partial charge in [-0.1, -0.05) is 93.0 Å². The van der Waals surface area contributed by atoms with E-state index in [0.717, 1.165) is 47.4 Å². The number of benzene rings is 3. The minimum absolute atomic E-state index is 0.00165. The highest BCUT2D eigenvalue weighted by atomic mass is 35.5. The maximum atomic E-state index is 7.52. The fourth-order valence-corrected chi connectivity index (χ4v) is 11.9. The summed E-state index contributed by atoms with van der Waals surface area (Å²) in [5.41, 5.74) is 7.86. The summed E-state index contributed by atoms with van der Waals surface area (Å²) in [4.78, 5) is 11.1. The second-order valence-corrected chi connectivity index (χ2v) is 17.1. The van der Waals surface area contributed by atoms with Crippen molar-refractivity contribution >= 4 is 47.1 Å². The van der Waals surface area contributed by atoms with Crippen molar-refractivity contribution in [3.8, 4) is 0 Å². The van der Waals surface area contributed by atoms with Crippen molar-refractivity contribution < 1.29 is 9.16 Å². The fourth-order valence-electron chi connectivity index (χ4n) is 6.83. The topological polar surface area (TPSA) is 73.5 Å². The summed E-state index contributed by atoms with van der Waals surface area (Å²) < 4.78 is 13.7. The fraction of sp³-hybridized carbons (Fsp3) is 0.394. The zero-order valence-electron chi connectivity index (χ0n) is 24.1. The number of rotatable bonds is 6. The molecular weight excluding hydrogens is 548 g/mol. The molecule has 6 rings (SSSR count). The lowest BCUT2D eigenvalue weighted by Gasteiger charge is -2.46. The van der Waals surface area contributed by atoms with Crippen molar-refractivity contribution in [2.45, 2.75) is 56.7 Å². The highest BCUT2D eigenvalue weighted by Gasteiger charge is 2.53. The van der Waals surface area contributed by atoms with Gasteiger partial charge in [0.1, 0.15) is 0 Å². The number of nitrogens with zero attached hydrogens (tertiary/aromatic N) is 3. The summed E-state index contributed by atoms with van der Waals surface area (Å²) in [5.74, 6) is 0.659. The van der Waals surface area contributed by atoms with Crippen LogP contribution in [0.3, 0.4) is 0 Å². The van der Waals surface area contributed by atoms with Crippen LogP contribution in [0, 0.1) is 0 Å². The standard InChI is InChI=1S/C33H39ClN4O2Si/c1-33(2,3)41(25-10-6-4-7-11-25,26-12-8-5-9-13-26)40-31-22-39-21-30(31)38-16-14-23(15-17-38)27-19-29-24(18-28(27)34)20-36-32(35)37-29/h4-13,18-20,23,30-31H,14-17,21-22H2,1-3H3,(H2,35,36,37)/t30-,31+/m1/s1. The highest BCUT2D eigenvalue weighted by Crippen LogP contribution is 2.40. The molecule has 6 nitrogen and oxygen atoms in total. The Labute approximate surface area is 249 Å². The van der Waals surface area contributed by atoms with Crippen molar-refractivity contribution in [3.05, 3.63) is 89.6 Å². The first kappa shape index (κ1) is 28.3. The average Bonchev–Trinajstić information content (AvgIpc) is 3.44. The summed E-state index contributed by atoms with van der Waals surface area (Å²) in [5, 5.41) is 4.23. The van der Waals surface area contributed by atoms with Crippen molar-refractivity contribution in [1.29, 1.82) is 0 Å². The number of piperidine rings is 1. The van der Waals surface area contributed by atoms with Gasteiger partial charge in [0, 0.05) is 16.6 Å². The van der Waals surface area contributed by atoms with E-state index in [1.165, 1.54) is 10.4 Å². The van der Waals surface area contributed by atoms with Crippen LogP contribution in [0.2, 0.25) is 10.1 Å². The van der Waals surface area contributed by atoms with Gasteiger partial charge in [-0.3, -0.25) is 4.90 Å². The lowest BCUT2D eigenvalue weighted by Crippen LogP contribution is -2.69. The summed E-state index contributed by atoms with van der Waals surface area (Å²) in [6.45, 7) is 10.3. The molecule has 0 amide bonds. The Kier molecular flexibility index (Phi) is 7.91. The van der Waals surface area contributed by atoms with Crippen LogP contribution in [0.25, 0.3) is 10.9 Å². The third-order valence-electron chi connectivity index (χ3n) is 8.90. The monoisotopic (exact) mass is 586 g/mol. The van der Waals surface area contributed by atoms with Crippen LogP contribution in [0.15, 0.2) is 79.0 Å². The van der Waals surface area contributed by atoms with Crippen LogP contribution in [-0.4, -0.2) is 61.6 Å². The van der Waals surface area contributed by atoms with Gasteiger partial charge in [0.05, 0.1) is 30.9 Å². The Morgan fingerprint density at radius 3 is 2.20 bits per heavy atom. The van der Waals surface area contributed by atoms with E-state index in [0.29, 0.717) is 19.1 Å². The first-order valence-electron chi connectivity index (χ1n) is 14.6. The van der Waals surface area contributed by atoms with E-state index in [2.05, 4.69) is 102 Å². The molecule has 0 radical (unpaired) electrons. The van der Waals surface area contributed by atoms with Crippen molar-refractivity contribution in [3.63, 3.8) is 0 Å². The van der Waals surface area contributed by atoms with E-state index in [1.54, 1.807) is 6.20 Å². The van der Waals surface area contributed by atoms with Crippen LogP contribution in [0.1, 0.15) is 45.1 Å². The van der Waals surface area contributed by atoms with Crippen LogP contribution in [-0.2, 0) is 9.16 Å². The van der Waals surface area contributed by atoms with Gasteiger partial charge in [-0.05, 0) is 65.0 Å². The van der Waals surface area contributed by atoms with Gasteiger partial charge < -0.3 is 14.9 Å². The SMILES string of the molecule is CC(C)(C)[Si](O[C@H]1COC[C@H]1N1CCC(c2cc3nc(N)ncc3cc2Cl)CC1)(c1ccccc1)c1ccccc1. The third kappa shape index (κ3) is 5.42. The Morgan fingerprint density at radius 2 is 1.59 bits per heavy atom. The molecule has 0 bridgehead atoms. The van der Waals surface area contributed by atoms with Crippen LogP contribution < -0.4 is 16.1 Å². The number of anilines is 1. The lowest BCUT2D eigenvalue weighted by molar-refractivity contribution is 0.0747. The predicted molar refractivity (Wildman–Crippen MR) is 170 cm³/mol. The lowest BCUT2D eigenvalue weighted by atomic mass is 9.88. The molecule has 214 valence electrons. The number of hydrogen-bond acceptors (Lipinski definition) is 6. The predicted octanol–water partition coefficient (Wildman–Crippen LogP) is 5.39. The first-order valence-corrected chi connectivity index (χ1v) is 16.9. The van der Waals surface area contributed by atoms with Gasteiger partial charge in [0.15, 0.2) is 0 Å². The number of nitrogen functional groups attached to an aromatic ring is 1. The summed E-state index contributed by atoms with van der Waals surface area (Å²) in [6, 6.07) is 26.1. The summed E-state index contributed by atoms with van der Waals surface area (Å²) in [6.07, 6.45) is 3.78. The second kappa shape index (κ2) is 11.5. The zero-order chi connectivity index (χ0) is 28.6. The number of nitrogens with two attached hydrogens (primary N) is 1. The van der Waals surface area contributed by atoms with Gasteiger partial charge in [0.2, 0.25) is 5.95 Å². The number of halogens is 1. The van der Waals surface area contributed by atoms with E-state index >= 15 is 0 Å². The van der Waals surface area contributed by atoms with E-state index in [1.807, 2.05) is 6.07 Å². The smallest absolute Gasteiger partial charge is 0.261 e. The Morgan fingerprint density at radius 1 is 0.951 bits per heavy atom. The molecule has 2 aliphatic heterocycles. The largest absolute Gasteiger partial charge is 0.400 e. The van der Waals surface area contributed by atoms with Crippen molar-refractivity contribution in [2.75, 3.05) is 32.0 Å². The Bertz CT molecular complexity index is 1450. The molecule has 2 N–H and O–H groups in total. The molecule has 2 atom stereocenters. The molecule has 2 aliphatic rings. The van der Waals surface area contributed by atoms with Crippen LogP contribution >= 0.6 is 11.6 Å². The van der Waals surface area contributed by atoms with Gasteiger partial charge >= 0.3 is 0 Å². The molecule has 8 heteroatoms. The molecule has 2 saturated heterocycles. The minimum Gasteiger partial charge on any atom is -0.400 e. The number of likely N-dealkylation sites (tertiary alicyclic amines) is 1. The van der Waals surface area contributed by atoms with E-state index < -0.39 is 8.32 Å². The van der Waals surface area contributed by atoms with E-state index in [4.69, 9.17) is 26.5 Å². The summed E-state index contributed by atoms with van der Waals surface area (Å²) in [7, 11) is -2.67. The molecule has 4 aromatic rings. The maximum Gasteiger partial charge on any atom is 0.261 e. The number of hydrogen-bond donors (Lipinski definition) is 1. The van der Waals surface area contributed by atoms with Crippen LogP contribution in [0.4, 0.5) is 5.95 Å². The van der Waals surface area contributed by atoms with Crippen molar-refractivity contribution in [2.24, 2.45) is 0 Å². The first-order chi connectivity index (χ1) is 19.8. The zero-order valence-corrected chi connectivity index (χ0v) is 25.8.